The van der Waals surface area contributed by atoms with E-state index in [0.29, 0.717) is 6.54 Å². The lowest BCUT2D eigenvalue weighted by Gasteiger charge is -2.22. The minimum atomic E-state index is 0.578. The molecule has 1 aromatic carbocycles. The SMILES string of the molecule is COCCN(C)c1ccc(C)cc1CN. The van der Waals surface area contributed by atoms with Crippen molar-refractivity contribution in [3.05, 3.63) is 29.3 Å². The molecule has 2 N–H and O–H groups in total. The van der Waals surface area contributed by atoms with E-state index in [1.54, 1.807) is 7.11 Å². The van der Waals surface area contributed by atoms with Crippen LogP contribution in [-0.4, -0.2) is 27.3 Å². The Bertz CT molecular complexity index is 312. The predicted octanol–water partition coefficient (Wildman–Crippen LogP) is 1.54. The van der Waals surface area contributed by atoms with Crippen molar-refractivity contribution in [2.75, 3.05) is 32.2 Å². The maximum atomic E-state index is 5.73. The molecule has 84 valence electrons. The van der Waals surface area contributed by atoms with E-state index in [-0.39, 0.29) is 0 Å². The molecule has 1 rings (SSSR count). The Hall–Kier alpha value is -1.06. The van der Waals surface area contributed by atoms with Crippen molar-refractivity contribution in [3.63, 3.8) is 0 Å². The molecule has 0 heterocycles. The fourth-order valence-corrected chi connectivity index (χ4v) is 1.60. The summed E-state index contributed by atoms with van der Waals surface area (Å²) in [6.07, 6.45) is 0. The quantitative estimate of drug-likeness (QED) is 0.797. The first-order chi connectivity index (χ1) is 7.19. The summed E-state index contributed by atoms with van der Waals surface area (Å²) in [5.74, 6) is 0. The van der Waals surface area contributed by atoms with E-state index in [1.165, 1.54) is 16.8 Å². The molecule has 0 radical (unpaired) electrons. The second-order valence-electron chi connectivity index (χ2n) is 3.75. The third-order valence-corrected chi connectivity index (χ3v) is 2.50. The molecule has 0 atom stereocenters. The van der Waals surface area contributed by atoms with Gasteiger partial charge in [-0.2, -0.15) is 0 Å². The average molecular weight is 208 g/mol. The second-order valence-corrected chi connectivity index (χ2v) is 3.75. The van der Waals surface area contributed by atoms with Crippen LogP contribution in [0.1, 0.15) is 11.1 Å². The van der Waals surface area contributed by atoms with E-state index in [1.807, 2.05) is 0 Å². The minimum Gasteiger partial charge on any atom is -0.383 e. The summed E-state index contributed by atoms with van der Waals surface area (Å²) in [7, 11) is 3.77. The predicted molar refractivity (Wildman–Crippen MR) is 64.2 cm³/mol. The Balaban J connectivity index is 2.82. The topological polar surface area (TPSA) is 38.5 Å². The number of anilines is 1. The molecule has 0 bridgehead atoms. The van der Waals surface area contributed by atoms with Crippen LogP contribution < -0.4 is 10.6 Å². The lowest BCUT2D eigenvalue weighted by Crippen LogP contribution is -2.23. The van der Waals surface area contributed by atoms with Crippen LogP contribution in [0.15, 0.2) is 18.2 Å². The van der Waals surface area contributed by atoms with Crippen LogP contribution in [0, 0.1) is 6.92 Å². The van der Waals surface area contributed by atoms with Crippen molar-refractivity contribution in [1.82, 2.24) is 0 Å². The minimum absolute atomic E-state index is 0.578. The smallest absolute Gasteiger partial charge is 0.0637 e. The molecular formula is C12H20N2O. The molecule has 0 aromatic heterocycles. The summed E-state index contributed by atoms with van der Waals surface area (Å²) in [6, 6.07) is 6.36. The van der Waals surface area contributed by atoms with E-state index < -0.39 is 0 Å². The van der Waals surface area contributed by atoms with Crippen LogP contribution in [0.3, 0.4) is 0 Å². The molecular weight excluding hydrogens is 188 g/mol. The van der Waals surface area contributed by atoms with Crippen LogP contribution >= 0.6 is 0 Å². The van der Waals surface area contributed by atoms with Gasteiger partial charge in [-0.15, -0.1) is 0 Å². The van der Waals surface area contributed by atoms with Gasteiger partial charge < -0.3 is 15.4 Å². The number of aryl methyl sites for hydroxylation is 1. The Labute approximate surface area is 91.8 Å². The Morgan fingerprint density at radius 1 is 1.40 bits per heavy atom. The van der Waals surface area contributed by atoms with Gasteiger partial charge in [0, 0.05) is 32.9 Å². The van der Waals surface area contributed by atoms with Gasteiger partial charge in [-0.3, -0.25) is 0 Å². The molecule has 3 nitrogen and oxygen atoms in total. The number of rotatable bonds is 5. The third-order valence-electron chi connectivity index (χ3n) is 2.50. The van der Waals surface area contributed by atoms with E-state index in [9.17, 15) is 0 Å². The molecule has 0 aliphatic heterocycles. The highest BCUT2D eigenvalue weighted by Gasteiger charge is 2.05. The summed E-state index contributed by atoms with van der Waals surface area (Å²) >= 11 is 0. The van der Waals surface area contributed by atoms with Gasteiger partial charge in [0.2, 0.25) is 0 Å². The molecule has 0 unspecified atom stereocenters. The molecule has 3 heteroatoms. The molecule has 0 spiro atoms. The van der Waals surface area contributed by atoms with Crippen LogP contribution in [0.25, 0.3) is 0 Å². The summed E-state index contributed by atoms with van der Waals surface area (Å²) in [5, 5.41) is 0. The summed E-state index contributed by atoms with van der Waals surface area (Å²) < 4.78 is 5.06. The average Bonchev–Trinajstić information content (AvgIpc) is 2.25. The Morgan fingerprint density at radius 3 is 2.73 bits per heavy atom. The van der Waals surface area contributed by atoms with Gasteiger partial charge in [-0.1, -0.05) is 17.7 Å². The van der Waals surface area contributed by atoms with Crippen molar-refractivity contribution in [3.8, 4) is 0 Å². The lowest BCUT2D eigenvalue weighted by atomic mass is 10.1. The zero-order valence-electron chi connectivity index (χ0n) is 9.79. The molecule has 0 aliphatic rings. The number of nitrogens with two attached hydrogens (primary N) is 1. The van der Waals surface area contributed by atoms with Gasteiger partial charge in [0.15, 0.2) is 0 Å². The molecule has 0 fully saturated rings. The van der Waals surface area contributed by atoms with Crippen LogP contribution in [0.2, 0.25) is 0 Å². The van der Waals surface area contributed by atoms with Gasteiger partial charge in [0.1, 0.15) is 0 Å². The van der Waals surface area contributed by atoms with Gasteiger partial charge in [0.05, 0.1) is 6.61 Å². The largest absolute Gasteiger partial charge is 0.383 e. The van der Waals surface area contributed by atoms with Gasteiger partial charge >= 0.3 is 0 Å². The third kappa shape index (κ3) is 3.22. The zero-order chi connectivity index (χ0) is 11.3. The molecule has 0 saturated carbocycles. The van der Waals surface area contributed by atoms with Crippen molar-refractivity contribution < 1.29 is 4.74 Å². The number of nitrogens with zero attached hydrogens (tertiary/aromatic N) is 1. The van der Waals surface area contributed by atoms with E-state index in [0.717, 1.165) is 13.2 Å². The molecule has 0 amide bonds. The van der Waals surface area contributed by atoms with E-state index >= 15 is 0 Å². The van der Waals surface area contributed by atoms with E-state index in [4.69, 9.17) is 10.5 Å². The number of methoxy groups -OCH3 is 1. The van der Waals surface area contributed by atoms with Crippen molar-refractivity contribution in [1.29, 1.82) is 0 Å². The van der Waals surface area contributed by atoms with Gasteiger partial charge in [-0.05, 0) is 18.6 Å². The van der Waals surface area contributed by atoms with Crippen molar-refractivity contribution in [2.24, 2.45) is 5.73 Å². The summed E-state index contributed by atoms with van der Waals surface area (Å²) in [6.45, 7) is 4.27. The Kier molecular flexibility index (Phi) is 4.59. The fourth-order valence-electron chi connectivity index (χ4n) is 1.60. The lowest BCUT2D eigenvalue weighted by molar-refractivity contribution is 0.206. The second kappa shape index (κ2) is 5.73. The zero-order valence-corrected chi connectivity index (χ0v) is 9.79. The number of hydrogen-bond donors (Lipinski definition) is 1. The van der Waals surface area contributed by atoms with E-state index in [2.05, 4.69) is 37.1 Å². The number of ether oxygens (including phenoxy) is 1. The first-order valence-electron chi connectivity index (χ1n) is 5.18. The highest BCUT2D eigenvalue weighted by atomic mass is 16.5. The standard InChI is InChI=1S/C12H20N2O/c1-10-4-5-12(11(8-10)9-13)14(2)6-7-15-3/h4-5,8H,6-7,9,13H2,1-3H3. The van der Waals surface area contributed by atoms with Gasteiger partial charge in [-0.25, -0.2) is 0 Å². The molecule has 1 aromatic rings. The summed E-state index contributed by atoms with van der Waals surface area (Å²) in [4.78, 5) is 2.17. The fraction of sp³-hybridized carbons (Fsp3) is 0.500. The normalized spacial score (nSPS) is 10.4. The maximum absolute atomic E-state index is 5.73. The number of likely N-dealkylation sites (N-methyl/N-ethyl adjacent to an activating group) is 1. The van der Waals surface area contributed by atoms with Crippen LogP contribution in [0.4, 0.5) is 5.69 Å². The van der Waals surface area contributed by atoms with Crippen molar-refractivity contribution >= 4 is 5.69 Å². The first-order valence-corrected chi connectivity index (χ1v) is 5.18. The van der Waals surface area contributed by atoms with Crippen molar-refractivity contribution in [2.45, 2.75) is 13.5 Å². The van der Waals surface area contributed by atoms with Crippen LogP contribution in [-0.2, 0) is 11.3 Å². The van der Waals surface area contributed by atoms with Gasteiger partial charge in [0.25, 0.3) is 0 Å². The number of benzene rings is 1. The van der Waals surface area contributed by atoms with Crippen LogP contribution in [0.5, 0.6) is 0 Å². The maximum Gasteiger partial charge on any atom is 0.0637 e. The monoisotopic (exact) mass is 208 g/mol. The Morgan fingerprint density at radius 2 is 2.13 bits per heavy atom. The molecule has 15 heavy (non-hydrogen) atoms. The molecule has 0 saturated heterocycles. The molecule has 0 aliphatic carbocycles. The first kappa shape index (κ1) is 12.0. The highest BCUT2D eigenvalue weighted by Crippen LogP contribution is 2.20. The summed E-state index contributed by atoms with van der Waals surface area (Å²) in [5.41, 5.74) is 9.36. The number of hydrogen-bond acceptors (Lipinski definition) is 3. The highest BCUT2D eigenvalue weighted by molar-refractivity contribution is 5.54.